The summed E-state index contributed by atoms with van der Waals surface area (Å²) < 4.78 is 0. The van der Waals surface area contributed by atoms with Crippen molar-refractivity contribution in [2.45, 2.75) is 47.5 Å². The van der Waals surface area contributed by atoms with Crippen molar-refractivity contribution in [2.24, 2.45) is 5.92 Å². The highest BCUT2D eigenvalue weighted by Crippen LogP contribution is 1.94. The number of rotatable bonds is 5. The minimum absolute atomic E-state index is 0. The van der Waals surface area contributed by atoms with Gasteiger partial charge in [0.2, 0.25) is 0 Å². The van der Waals surface area contributed by atoms with Gasteiger partial charge in [0, 0.05) is 14.6 Å². The van der Waals surface area contributed by atoms with Gasteiger partial charge in [0.1, 0.15) is 0 Å². The summed E-state index contributed by atoms with van der Waals surface area (Å²) in [5.74, 6) is 0.648. The van der Waals surface area contributed by atoms with Gasteiger partial charge >= 0.3 is 0 Å². The Morgan fingerprint density at radius 2 is 1.61 bits per heavy atom. The zero-order chi connectivity index (χ0) is 15.0. The molecule has 112 valence electrons. The Balaban J connectivity index is -0.0000000865. The lowest BCUT2D eigenvalue weighted by atomic mass is 10.2. The third-order valence-corrected chi connectivity index (χ3v) is 1.74. The summed E-state index contributed by atoms with van der Waals surface area (Å²) in [5.41, 5.74) is 2.20. The number of hydrogen-bond donors (Lipinski definition) is 3. The van der Waals surface area contributed by atoms with Crippen LogP contribution in [0.2, 0.25) is 0 Å². The SMILES string of the molecule is C=C(C)CCO.CC(C)=CCO.CC(C)CCO.[HH]. The first-order chi connectivity index (χ1) is 8.31. The van der Waals surface area contributed by atoms with Crippen molar-refractivity contribution in [3.05, 3.63) is 23.8 Å². The average molecular weight is 262 g/mol. The quantitative estimate of drug-likeness (QED) is 0.667. The Morgan fingerprint density at radius 3 is 1.61 bits per heavy atom. The molecule has 0 saturated heterocycles. The van der Waals surface area contributed by atoms with Gasteiger partial charge in [-0.3, -0.25) is 0 Å². The van der Waals surface area contributed by atoms with Gasteiger partial charge in [-0.1, -0.05) is 31.1 Å². The maximum absolute atomic E-state index is 8.24. The van der Waals surface area contributed by atoms with Crippen LogP contribution >= 0.6 is 0 Å². The summed E-state index contributed by atoms with van der Waals surface area (Å²) in [5, 5.41) is 24.6. The highest BCUT2D eigenvalue weighted by molar-refractivity contribution is 4.91. The average Bonchev–Trinajstić information content (AvgIpc) is 2.18. The maximum Gasteiger partial charge on any atom is 0.0614 e. The molecule has 0 radical (unpaired) electrons. The predicted octanol–water partition coefficient (Wildman–Crippen LogP) is 3.16. The van der Waals surface area contributed by atoms with Gasteiger partial charge in [-0.2, -0.15) is 0 Å². The molecule has 0 heterocycles. The molecule has 0 spiro atoms. The van der Waals surface area contributed by atoms with E-state index in [9.17, 15) is 0 Å². The van der Waals surface area contributed by atoms with Crippen molar-refractivity contribution in [2.75, 3.05) is 19.8 Å². The van der Waals surface area contributed by atoms with Crippen LogP contribution in [0.5, 0.6) is 0 Å². The normalized spacial score (nSPS) is 8.72. The first-order valence-corrected chi connectivity index (χ1v) is 6.42. The van der Waals surface area contributed by atoms with E-state index in [1.54, 1.807) is 6.08 Å². The molecule has 0 aliphatic rings. The van der Waals surface area contributed by atoms with Gasteiger partial charge < -0.3 is 15.3 Å². The van der Waals surface area contributed by atoms with Crippen LogP contribution in [-0.2, 0) is 0 Å². The van der Waals surface area contributed by atoms with E-state index in [0.717, 1.165) is 24.0 Å². The predicted molar refractivity (Wildman–Crippen MR) is 81.7 cm³/mol. The van der Waals surface area contributed by atoms with Gasteiger partial charge in [-0.25, -0.2) is 0 Å². The lowest BCUT2D eigenvalue weighted by Gasteiger charge is -1.95. The summed E-state index contributed by atoms with van der Waals surface area (Å²) in [6.45, 7) is 14.3. The first kappa shape index (κ1) is 22.5. The molecule has 0 aliphatic carbocycles. The van der Waals surface area contributed by atoms with Gasteiger partial charge in [-0.15, -0.1) is 6.58 Å². The molecule has 0 bridgehead atoms. The topological polar surface area (TPSA) is 60.7 Å². The molecule has 3 N–H and O–H groups in total. The van der Waals surface area contributed by atoms with Crippen molar-refractivity contribution >= 4 is 0 Å². The van der Waals surface area contributed by atoms with E-state index in [2.05, 4.69) is 20.4 Å². The second-order valence-electron chi connectivity index (χ2n) is 4.80. The molecule has 0 aromatic carbocycles. The van der Waals surface area contributed by atoms with Crippen LogP contribution in [-0.4, -0.2) is 35.1 Å². The molecule has 18 heavy (non-hydrogen) atoms. The van der Waals surface area contributed by atoms with Gasteiger partial charge in [0.05, 0.1) is 6.61 Å². The molecule has 0 aliphatic heterocycles. The Kier molecular flexibility index (Phi) is 23.4. The number of aliphatic hydroxyl groups excluding tert-OH is 3. The van der Waals surface area contributed by atoms with Crippen molar-refractivity contribution in [3.8, 4) is 0 Å². The van der Waals surface area contributed by atoms with Crippen LogP contribution < -0.4 is 0 Å². The molecule has 0 atom stereocenters. The molecule has 0 saturated carbocycles. The summed E-state index contributed by atoms with van der Waals surface area (Å²) in [6, 6.07) is 0. The van der Waals surface area contributed by atoms with Gasteiger partial charge in [0.15, 0.2) is 0 Å². The third kappa shape index (κ3) is 45.3. The highest BCUT2D eigenvalue weighted by atomic mass is 16.3. The van der Waals surface area contributed by atoms with E-state index >= 15 is 0 Å². The highest BCUT2D eigenvalue weighted by Gasteiger charge is 1.86. The van der Waals surface area contributed by atoms with Crippen molar-refractivity contribution in [1.82, 2.24) is 0 Å². The van der Waals surface area contributed by atoms with E-state index in [0.29, 0.717) is 12.5 Å². The molecule has 3 nitrogen and oxygen atoms in total. The fraction of sp³-hybridized carbons (Fsp3) is 0.733. The minimum Gasteiger partial charge on any atom is -0.396 e. The standard InChI is InChI=1S/C5H12O.2C5H10O.H2/c3*1-5(2)3-4-6;/h5-6H,3-4H2,1-2H3;3,6H,4H2,1-2H3;6H,1,3-4H2,2H3;1H. The molecule has 0 rings (SSSR count). The molecule has 0 amide bonds. The molecule has 0 unspecified atom stereocenters. The van der Waals surface area contributed by atoms with E-state index in [4.69, 9.17) is 15.3 Å². The molecular formula is C15H34O3. The third-order valence-electron chi connectivity index (χ3n) is 1.74. The van der Waals surface area contributed by atoms with Crippen LogP contribution in [0.15, 0.2) is 23.8 Å². The summed E-state index contributed by atoms with van der Waals surface area (Å²) in [7, 11) is 0. The largest absolute Gasteiger partial charge is 0.396 e. The van der Waals surface area contributed by atoms with Crippen LogP contribution in [0.4, 0.5) is 0 Å². The lowest BCUT2D eigenvalue weighted by Crippen LogP contribution is -1.89. The van der Waals surface area contributed by atoms with E-state index in [1.165, 1.54) is 0 Å². The van der Waals surface area contributed by atoms with Crippen LogP contribution in [0.3, 0.4) is 0 Å². The lowest BCUT2D eigenvalue weighted by molar-refractivity contribution is 0.268. The minimum atomic E-state index is 0. The molecule has 0 aromatic rings. The Hall–Kier alpha value is -0.640. The van der Waals surface area contributed by atoms with E-state index < -0.39 is 0 Å². The van der Waals surface area contributed by atoms with Gasteiger partial charge in [0.25, 0.3) is 0 Å². The van der Waals surface area contributed by atoms with Crippen LogP contribution in [0, 0.1) is 5.92 Å². The Bertz CT molecular complexity index is 198. The summed E-state index contributed by atoms with van der Waals surface area (Å²) >= 11 is 0. The van der Waals surface area contributed by atoms with Crippen LogP contribution in [0.25, 0.3) is 0 Å². The second-order valence-corrected chi connectivity index (χ2v) is 4.80. The monoisotopic (exact) mass is 262 g/mol. The van der Waals surface area contributed by atoms with Gasteiger partial charge in [-0.05, 0) is 39.5 Å². The number of allylic oxidation sites excluding steroid dienone is 1. The molecular weight excluding hydrogens is 228 g/mol. The molecule has 3 heteroatoms. The fourth-order valence-corrected chi connectivity index (χ4v) is 0.632. The van der Waals surface area contributed by atoms with E-state index in [1.807, 2.05) is 20.8 Å². The Morgan fingerprint density at radius 1 is 1.11 bits per heavy atom. The van der Waals surface area contributed by atoms with Crippen molar-refractivity contribution in [1.29, 1.82) is 0 Å². The van der Waals surface area contributed by atoms with Crippen LogP contribution in [0.1, 0.15) is 48.9 Å². The fourth-order valence-electron chi connectivity index (χ4n) is 0.632. The second kappa shape index (κ2) is 18.7. The molecule has 0 aromatic heterocycles. The zero-order valence-corrected chi connectivity index (χ0v) is 12.7. The van der Waals surface area contributed by atoms with Crippen molar-refractivity contribution in [3.63, 3.8) is 0 Å². The summed E-state index contributed by atoms with van der Waals surface area (Å²) in [4.78, 5) is 0. The Labute approximate surface area is 114 Å². The summed E-state index contributed by atoms with van der Waals surface area (Å²) in [6.07, 6.45) is 3.43. The zero-order valence-electron chi connectivity index (χ0n) is 12.7. The first-order valence-electron chi connectivity index (χ1n) is 6.42. The number of aliphatic hydroxyl groups is 3. The van der Waals surface area contributed by atoms with Crippen molar-refractivity contribution < 1.29 is 16.7 Å². The maximum atomic E-state index is 8.24. The smallest absolute Gasteiger partial charge is 0.0614 e. The molecule has 0 fully saturated rings. The number of hydrogen-bond acceptors (Lipinski definition) is 3. The van der Waals surface area contributed by atoms with E-state index in [-0.39, 0.29) is 14.6 Å².